The molecule has 0 aliphatic heterocycles. The van der Waals surface area contributed by atoms with E-state index < -0.39 is 11.7 Å². The van der Waals surface area contributed by atoms with Gasteiger partial charge >= 0.3 is 6.09 Å². The first-order chi connectivity index (χ1) is 10.6. The summed E-state index contributed by atoms with van der Waals surface area (Å²) in [6.07, 6.45) is 0.798. The van der Waals surface area contributed by atoms with E-state index in [-0.39, 0.29) is 11.9 Å². The summed E-state index contributed by atoms with van der Waals surface area (Å²) in [5, 5.41) is 2.67. The molecule has 23 heavy (non-hydrogen) atoms. The maximum Gasteiger partial charge on any atom is 0.412 e. The molecule has 5 nitrogen and oxygen atoms in total. The molecule has 128 valence electrons. The lowest BCUT2D eigenvalue weighted by Crippen LogP contribution is -2.35. The van der Waals surface area contributed by atoms with Crippen molar-refractivity contribution in [3.63, 3.8) is 0 Å². The standard InChI is InChI=1S/C18H28N2O3/c1-7-13(2)20(6)16(21)12-14-8-10-15(11-9-14)19-17(22)23-18(3,4)5/h8-11,13H,7,12H2,1-6H3,(H,19,22). The molecule has 5 heteroatoms. The van der Waals surface area contributed by atoms with Gasteiger partial charge in [-0.3, -0.25) is 10.1 Å². The fourth-order valence-electron chi connectivity index (χ4n) is 1.95. The Morgan fingerprint density at radius 2 is 1.78 bits per heavy atom. The van der Waals surface area contributed by atoms with Crippen LogP contribution in [0, 0.1) is 0 Å². The lowest BCUT2D eigenvalue weighted by atomic mass is 10.1. The second kappa shape index (κ2) is 7.99. The zero-order chi connectivity index (χ0) is 17.6. The van der Waals surface area contributed by atoms with Crippen LogP contribution in [0.3, 0.4) is 0 Å². The van der Waals surface area contributed by atoms with E-state index in [9.17, 15) is 9.59 Å². The number of likely N-dealkylation sites (N-methyl/N-ethyl adjacent to an activating group) is 1. The number of hydrogen-bond acceptors (Lipinski definition) is 3. The average Bonchev–Trinajstić information content (AvgIpc) is 2.45. The minimum atomic E-state index is -0.531. The van der Waals surface area contributed by atoms with Gasteiger partial charge in [-0.1, -0.05) is 19.1 Å². The SMILES string of the molecule is CCC(C)N(C)C(=O)Cc1ccc(NC(=O)OC(C)(C)C)cc1. The molecule has 0 aromatic heterocycles. The summed E-state index contributed by atoms with van der Waals surface area (Å²) >= 11 is 0. The molecule has 0 spiro atoms. The lowest BCUT2D eigenvalue weighted by molar-refractivity contribution is -0.131. The number of nitrogens with one attached hydrogen (secondary N) is 1. The number of nitrogens with zero attached hydrogens (tertiary/aromatic N) is 1. The van der Waals surface area contributed by atoms with Crippen LogP contribution in [0.5, 0.6) is 0 Å². The number of benzene rings is 1. The van der Waals surface area contributed by atoms with Gasteiger partial charge in [0, 0.05) is 18.8 Å². The van der Waals surface area contributed by atoms with E-state index in [1.807, 2.05) is 46.9 Å². The first-order valence-corrected chi connectivity index (χ1v) is 7.97. The largest absolute Gasteiger partial charge is 0.444 e. The third-order valence-electron chi connectivity index (χ3n) is 3.60. The van der Waals surface area contributed by atoms with Gasteiger partial charge in [0.1, 0.15) is 5.60 Å². The van der Waals surface area contributed by atoms with Gasteiger partial charge in [-0.15, -0.1) is 0 Å². The van der Waals surface area contributed by atoms with Crippen molar-refractivity contribution in [2.75, 3.05) is 12.4 Å². The number of carbonyl (C=O) groups is 2. The number of ether oxygens (including phenoxy) is 1. The molecule has 1 unspecified atom stereocenters. The van der Waals surface area contributed by atoms with Gasteiger partial charge in [0.2, 0.25) is 5.91 Å². The first-order valence-electron chi connectivity index (χ1n) is 7.97. The molecule has 0 radical (unpaired) electrons. The fourth-order valence-corrected chi connectivity index (χ4v) is 1.95. The number of rotatable bonds is 5. The Bertz CT molecular complexity index is 532. The highest BCUT2D eigenvalue weighted by Crippen LogP contribution is 2.14. The topological polar surface area (TPSA) is 58.6 Å². The molecule has 1 aromatic carbocycles. The van der Waals surface area contributed by atoms with Crippen LogP contribution in [0.25, 0.3) is 0 Å². The maximum atomic E-state index is 12.2. The van der Waals surface area contributed by atoms with Gasteiger partial charge in [0.15, 0.2) is 0 Å². The van der Waals surface area contributed by atoms with Crippen molar-refractivity contribution in [3.8, 4) is 0 Å². The number of amides is 2. The smallest absolute Gasteiger partial charge is 0.412 e. The van der Waals surface area contributed by atoms with E-state index in [4.69, 9.17) is 4.74 Å². The molecule has 0 fully saturated rings. The Morgan fingerprint density at radius 1 is 1.22 bits per heavy atom. The van der Waals surface area contributed by atoms with E-state index in [0.717, 1.165) is 12.0 Å². The van der Waals surface area contributed by atoms with Gasteiger partial charge in [0.05, 0.1) is 6.42 Å². The fraction of sp³-hybridized carbons (Fsp3) is 0.556. The van der Waals surface area contributed by atoms with Crippen molar-refractivity contribution in [1.29, 1.82) is 0 Å². The normalized spacial score (nSPS) is 12.4. The van der Waals surface area contributed by atoms with Gasteiger partial charge < -0.3 is 9.64 Å². The molecule has 1 aromatic rings. The van der Waals surface area contributed by atoms with Gasteiger partial charge in [-0.25, -0.2) is 4.79 Å². The summed E-state index contributed by atoms with van der Waals surface area (Å²) in [7, 11) is 1.83. The first kappa shape index (κ1) is 19.0. The Balaban J connectivity index is 2.60. The van der Waals surface area contributed by atoms with Crippen molar-refractivity contribution in [3.05, 3.63) is 29.8 Å². The van der Waals surface area contributed by atoms with Crippen LogP contribution in [-0.4, -0.2) is 35.6 Å². The highest BCUT2D eigenvalue weighted by atomic mass is 16.6. The minimum absolute atomic E-state index is 0.0900. The molecule has 0 aliphatic rings. The number of carbonyl (C=O) groups excluding carboxylic acids is 2. The van der Waals surface area contributed by atoms with Crippen LogP contribution in [0.4, 0.5) is 10.5 Å². The summed E-state index contributed by atoms with van der Waals surface area (Å²) in [5.41, 5.74) is 1.03. The van der Waals surface area contributed by atoms with E-state index >= 15 is 0 Å². The highest BCUT2D eigenvalue weighted by Gasteiger charge is 2.17. The summed E-state index contributed by atoms with van der Waals surface area (Å²) in [4.78, 5) is 25.6. The third kappa shape index (κ3) is 6.72. The molecule has 1 atom stereocenters. The summed E-state index contributed by atoms with van der Waals surface area (Å²) in [5.74, 6) is 0.0900. The Morgan fingerprint density at radius 3 is 2.26 bits per heavy atom. The van der Waals surface area contributed by atoms with Crippen molar-refractivity contribution in [1.82, 2.24) is 4.90 Å². The maximum absolute atomic E-state index is 12.2. The average molecular weight is 320 g/mol. The van der Waals surface area contributed by atoms with Crippen molar-refractivity contribution in [2.24, 2.45) is 0 Å². The Kier molecular flexibility index (Phi) is 6.61. The second-order valence-electron chi connectivity index (χ2n) is 6.76. The molecule has 1 N–H and O–H groups in total. The van der Waals surface area contributed by atoms with Crippen LogP contribution in [-0.2, 0) is 16.0 Å². The number of anilines is 1. The van der Waals surface area contributed by atoms with Gasteiger partial charge in [-0.2, -0.15) is 0 Å². The highest BCUT2D eigenvalue weighted by molar-refractivity contribution is 5.85. The summed E-state index contributed by atoms with van der Waals surface area (Å²) in [6, 6.07) is 7.46. The van der Waals surface area contributed by atoms with Crippen LogP contribution in [0.15, 0.2) is 24.3 Å². The molecule has 0 aliphatic carbocycles. The van der Waals surface area contributed by atoms with Crippen LogP contribution in [0.1, 0.15) is 46.6 Å². The predicted octanol–water partition coefficient (Wildman–Crippen LogP) is 3.83. The summed E-state index contributed by atoms with van der Waals surface area (Å²) < 4.78 is 5.20. The molecule has 0 saturated carbocycles. The molecule has 1 rings (SSSR count). The van der Waals surface area contributed by atoms with Gasteiger partial charge in [0.25, 0.3) is 0 Å². The summed E-state index contributed by atoms with van der Waals surface area (Å²) in [6.45, 7) is 9.54. The molecular formula is C18H28N2O3. The monoisotopic (exact) mass is 320 g/mol. The van der Waals surface area contributed by atoms with Crippen LogP contribution < -0.4 is 5.32 Å². The zero-order valence-electron chi connectivity index (χ0n) is 15.0. The van der Waals surface area contributed by atoms with E-state index in [0.29, 0.717) is 12.1 Å². The van der Waals surface area contributed by atoms with E-state index in [1.54, 1.807) is 17.0 Å². The van der Waals surface area contributed by atoms with Gasteiger partial charge in [-0.05, 0) is 51.8 Å². The minimum Gasteiger partial charge on any atom is -0.444 e. The van der Waals surface area contributed by atoms with Crippen LogP contribution >= 0.6 is 0 Å². The second-order valence-corrected chi connectivity index (χ2v) is 6.76. The Labute approximate surface area is 139 Å². The number of hydrogen-bond donors (Lipinski definition) is 1. The van der Waals surface area contributed by atoms with Crippen LogP contribution in [0.2, 0.25) is 0 Å². The zero-order valence-corrected chi connectivity index (χ0v) is 15.0. The third-order valence-corrected chi connectivity index (χ3v) is 3.60. The van der Waals surface area contributed by atoms with Crippen molar-refractivity contribution >= 4 is 17.7 Å². The molecule has 2 amide bonds. The molecule has 0 bridgehead atoms. The molecular weight excluding hydrogens is 292 g/mol. The van der Waals surface area contributed by atoms with Crippen molar-refractivity contribution in [2.45, 2.75) is 59.1 Å². The van der Waals surface area contributed by atoms with E-state index in [1.165, 1.54) is 0 Å². The quantitative estimate of drug-likeness (QED) is 0.897. The Hall–Kier alpha value is -2.04. The predicted molar refractivity (Wildman–Crippen MR) is 92.5 cm³/mol. The lowest BCUT2D eigenvalue weighted by Gasteiger charge is -2.24. The van der Waals surface area contributed by atoms with Crippen molar-refractivity contribution < 1.29 is 14.3 Å². The van der Waals surface area contributed by atoms with E-state index in [2.05, 4.69) is 12.2 Å². The molecule has 0 saturated heterocycles. The molecule has 0 heterocycles.